The van der Waals surface area contributed by atoms with Crippen molar-refractivity contribution in [1.29, 1.82) is 0 Å². The number of anilines is 1. The quantitative estimate of drug-likeness (QED) is 0.471. The summed E-state index contributed by atoms with van der Waals surface area (Å²) >= 11 is 0. The molecule has 3 heterocycles. The van der Waals surface area contributed by atoms with E-state index in [9.17, 15) is 18.0 Å². The highest BCUT2D eigenvalue weighted by atomic mass is 32.2. The van der Waals surface area contributed by atoms with E-state index in [1.807, 2.05) is 0 Å². The van der Waals surface area contributed by atoms with Crippen molar-refractivity contribution in [2.45, 2.75) is 18.7 Å². The smallest absolute Gasteiger partial charge is 0.289 e. The van der Waals surface area contributed by atoms with Gasteiger partial charge in [0.2, 0.25) is 5.91 Å². The standard InChI is InChI=1S/C24H29N5O6S/c1-17-23(18(2)26(3)25-17)36(32,33)29(19-7-9-20(34-4)10-8-19)16-22(30)27-11-13-28(14-12-27)24(31)21-6-5-15-35-21/h5-10,15H,11-14,16H2,1-4H3. The number of piperazine rings is 1. The van der Waals surface area contributed by atoms with E-state index in [4.69, 9.17) is 9.15 Å². The molecule has 192 valence electrons. The van der Waals surface area contributed by atoms with Gasteiger partial charge in [0, 0.05) is 33.2 Å². The Morgan fingerprint density at radius 2 is 1.69 bits per heavy atom. The van der Waals surface area contributed by atoms with Crippen molar-refractivity contribution in [3.8, 4) is 5.75 Å². The van der Waals surface area contributed by atoms with Crippen molar-refractivity contribution < 1.29 is 27.2 Å². The third kappa shape index (κ3) is 4.81. The SMILES string of the molecule is COc1ccc(N(CC(=O)N2CCN(C(=O)c3ccco3)CC2)S(=O)(=O)c2c(C)nn(C)c2C)cc1. The van der Waals surface area contributed by atoms with Crippen molar-refractivity contribution in [1.82, 2.24) is 19.6 Å². The number of methoxy groups -OCH3 is 1. The highest BCUT2D eigenvalue weighted by Crippen LogP contribution is 2.29. The van der Waals surface area contributed by atoms with Crippen LogP contribution in [0.5, 0.6) is 5.75 Å². The molecule has 1 aliphatic rings. The topological polar surface area (TPSA) is 118 Å². The van der Waals surface area contributed by atoms with Gasteiger partial charge in [-0.05, 0) is 50.2 Å². The van der Waals surface area contributed by atoms with Crippen LogP contribution in [0.3, 0.4) is 0 Å². The van der Waals surface area contributed by atoms with Gasteiger partial charge in [0.05, 0.1) is 30.4 Å². The van der Waals surface area contributed by atoms with Crippen LogP contribution >= 0.6 is 0 Å². The molecule has 11 nitrogen and oxygen atoms in total. The molecule has 1 saturated heterocycles. The molecule has 0 unspecified atom stereocenters. The van der Waals surface area contributed by atoms with Crippen molar-refractivity contribution >= 4 is 27.5 Å². The van der Waals surface area contributed by atoms with Crippen molar-refractivity contribution in [2.24, 2.45) is 7.05 Å². The summed E-state index contributed by atoms with van der Waals surface area (Å²) in [6, 6.07) is 9.73. The lowest BCUT2D eigenvalue weighted by Gasteiger charge is -2.35. The Kier molecular flexibility index (Phi) is 7.07. The van der Waals surface area contributed by atoms with Gasteiger partial charge >= 0.3 is 0 Å². The number of rotatable bonds is 7. The Morgan fingerprint density at radius 1 is 1.06 bits per heavy atom. The summed E-state index contributed by atoms with van der Waals surface area (Å²) in [4.78, 5) is 29.1. The number of hydrogen-bond donors (Lipinski definition) is 0. The molecule has 1 fully saturated rings. The van der Waals surface area contributed by atoms with E-state index in [1.54, 1.807) is 67.1 Å². The number of amides is 2. The molecule has 12 heteroatoms. The van der Waals surface area contributed by atoms with Gasteiger partial charge in [0.1, 0.15) is 17.2 Å². The van der Waals surface area contributed by atoms with Crippen LogP contribution in [0.15, 0.2) is 52.0 Å². The van der Waals surface area contributed by atoms with Gasteiger partial charge in [-0.25, -0.2) is 8.42 Å². The largest absolute Gasteiger partial charge is 0.497 e. The van der Waals surface area contributed by atoms with Crippen LogP contribution in [-0.4, -0.2) is 79.6 Å². The number of nitrogens with zero attached hydrogens (tertiary/aromatic N) is 5. The van der Waals surface area contributed by atoms with E-state index in [0.29, 0.717) is 35.9 Å². The summed E-state index contributed by atoms with van der Waals surface area (Å²) in [5, 5.41) is 4.25. The molecule has 36 heavy (non-hydrogen) atoms. The molecule has 3 aromatic rings. The fourth-order valence-corrected chi connectivity index (χ4v) is 6.06. The number of benzene rings is 1. The molecule has 0 N–H and O–H groups in total. The molecule has 0 aliphatic carbocycles. The van der Waals surface area contributed by atoms with Crippen molar-refractivity contribution in [3.63, 3.8) is 0 Å². The second kappa shape index (κ2) is 10.1. The molecule has 0 radical (unpaired) electrons. The summed E-state index contributed by atoms with van der Waals surface area (Å²) < 4.78 is 40.7. The van der Waals surface area contributed by atoms with E-state index >= 15 is 0 Å². The first-order valence-electron chi connectivity index (χ1n) is 11.4. The van der Waals surface area contributed by atoms with E-state index < -0.39 is 16.6 Å². The number of aryl methyl sites for hydroxylation is 2. The lowest BCUT2D eigenvalue weighted by atomic mass is 10.2. The summed E-state index contributed by atoms with van der Waals surface area (Å²) in [5.41, 5.74) is 1.16. The fraction of sp³-hybridized carbons (Fsp3) is 0.375. The minimum absolute atomic E-state index is 0.0717. The van der Waals surface area contributed by atoms with Crippen LogP contribution in [0.1, 0.15) is 21.9 Å². The maximum Gasteiger partial charge on any atom is 0.289 e. The molecule has 1 aliphatic heterocycles. The molecule has 1 aromatic carbocycles. The molecular formula is C24H29N5O6S. The third-order valence-electron chi connectivity index (χ3n) is 6.28. The maximum atomic E-state index is 13.8. The third-order valence-corrected chi connectivity index (χ3v) is 8.31. The van der Waals surface area contributed by atoms with Crippen LogP contribution in [0.25, 0.3) is 0 Å². The normalized spacial score (nSPS) is 14.1. The first-order chi connectivity index (χ1) is 17.1. The van der Waals surface area contributed by atoms with Gasteiger partial charge in [-0.2, -0.15) is 5.10 Å². The molecule has 2 amide bonds. The van der Waals surface area contributed by atoms with E-state index in [2.05, 4.69) is 5.10 Å². The highest BCUT2D eigenvalue weighted by molar-refractivity contribution is 7.93. The van der Waals surface area contributed by atoms with Crippen LogP contribution in [-0.2, 0) is 21.9 Å². The van der Waals surface area contributed by atoms with Crippen LogP contribution in [0.4, 0.5) is 5.69 Å². The van der Waals surface area contributed by atoms with Gasteiger partial charge in [-0.15, -0.1) is 0 Å². The van der Waals surface area contributed by atoms with Crippen molar-refractivity contribution in [3.05, 3.63) is 59.8 Å². The molecule has 2 aromatic heterocycles. The number of carbonyl (C=O) groups is 2. The molecule has 0 atom stereocenters. The second-order valence-electron chi connectivity index (χ2n) is 8.48. The second-order valence-corrected chi connectivity index (χ2v) is 10.3. The molecule has 0 spiro atoms. The zero-order valence-corrected chi connectivity index (χ0v) is 21.5. The van der Waals surface area contributed by atoms with Crippen LogP contribution < -0.4 is 9.04 Å². The van der Waals surface area contributed by atoms with Crippen LogP contribution in [0, 0.1) is 13.8 Å². The minimum Gasteiger partial charge on any atom is -0.497 e. The number of furan rings is 1. The van der Waals surface area contributed by atoms with Gasteiger partial charge in [0.25, 0.3) is 15.9 Å². The van der Waals surface area contributed by atoms with Crippen molar-refractivity contribution in [2.75, 3.05) is 44.1 Å². The number of hydrogen-bond acceptors (Lipinski definition) is 7. The molecule has 4 rings (SSSR count). The van der Waals surface area contributed by atoms with Gasteiger partial charge in [-0.1, -0.05) is 0 Å². The Labute approximate surface area is 209 Å². The molecular weight excluding hydrogens is 486 g/mol. The average molecular weight is 516 g/mol. The predicted molar refractivity (Wildman–Crippen MR) is 131 cm³/mol. The molecule has 0 saturated carbocycles. The summed E-state index contributed by atoms with van der Waals surface area (Å²) in [6.07, 6.45) is 1.44. The summed E-state index contributed by atoms with van der Waals surface area (Å²) in [7, 11) is -0.923. The summed E-state index contributed by atoms with van der Waals surface area (Å²) in [6.45, 7) is 4.12. The summed E-state index contributed by atoms with van der Waals surface area (Å²) in [5.74, 6) is 0.207. The van der Waals surface area contributed by atoms with E-state index in [-0.39, 0.29) is 35.6 Å². The monoisotopic (exact) mass is 515 g/mol. The average Bonchev–Trinajstić information content (AvgIpc) is 3.50. The number of aromatic nitrogens is 2. The van der Waals surface area contributed by atoms with Crippen LogP contribution in [0.2, 0.25) is 0 Å². The Balaban J connectivity index is 1.56. The fourth-order valence-electron chi connectivity index (χ4n) is 4.24. The highest BCUT2D eigenvalue weighted by Gasteiger charge is 2.34. The lowest BCUT2D eigenvalue weighted by molar-refractivity contribution is -0.131. The first-order valence-corrected chi connectivity index (χ1v) is 12.8. The Hall–Kier alpha value is -3.80. The van der Waals surface area contributed by atoms with Gasteiger partial charge < -0.3 is 19.0 Å². The Bertz CT molecular complexity index is 1340. The minimum atomic E-state index is -4.12. The first kappa shape index (κ1) is 25.3. The maximum absolute atomic E-state index is 13.8. The lowest BCUT2D eigenvalue weighted by Crippen LogP contribution is -2.53. The van der Waals surface area contributed by atoms with Gasteiger partial charge in [-0.3, -0.25) is 18.6 Å². The molecule has 0 bridgehead atoms. The number of carbonyl (C=O) groups excluding carboxylic acids is 2. The zero-order valence-electron chi connectivity index (χ0n) is 20.7. The predicted octanol–water partition coefficient (Wildman–Crippen LogP) is 1.82. The zero-order chi connectivity index (χ0) is 26.0. The van der Waals surface area contributed by atoms with Gasteiger partial charge in [0.15, 0.2) is 5.76 Å². The van der Waals surface area contributed by atoms with E-state index in [1.165, 1.54) is 18.1 Å². The Morgan fingerprint density at radius 3 is 2.22 bits per heavy atom. The number of ether oxygens (including phenoxy) is 1. The van der Waals surface area contributed by atoms with E-state index in [0.717, 1.165) is 4.31 Å². The number of sulfonamides is 1.